The van der Waals surface area contributed by atoms with Crippen LogP contribution < -0.4 is 15.8 Å². The smallest absolute Gasteiger partial charge is 0.315 e. The van der Waals surface area contributed by atoms with Crippen LogP contribution in [0.4, 0.5) is 4.79 Å². The number of carbonyl (C=O) groups is 1. The van der Waals surface area contributed by atoms with E-state index in [0.717, 1.165) is 31.2 Å². The van der Waals surface area contributed by atoms with Gasteiger partial charge in [-0.15, -0.1) is 0 Å². The molecule has 1 aliphatic carbocycles. The maximum atomic E-state index is 11.8. The topological polar surface area (TPSA) is 101 Å². The van der Waals surface area contributed by atoms with E-state index in [9.17, 15) is 13.2 Å². The molecule has 1 aromatic carbocycles. The van der Waals surface area contributed by atoms with Crippen LogP contribution in [0.3, 0.4) is 0 Å². The number of nitrogens with two attached hydrogens (primary N) is 1. The van der Waals surface area contributed by atoms with Crippen molar-refractivity contribution in [2.24, 2.45) is 5.14 Å². The fourth-order valence-electron chi connectivity index (χ4n) is 2.82. The van der Waals surface area contributed by atoms with E-state index in [1.54, 1.807) is 12.1 Å². The Hall–Kier alpha value is -1.60. The average Bonchev–Trinajstić information content (AvgIpc) is 2.52. The van der Waals surface area contributed by atoms with Gasteiger partial charge in [0.25, 0.3) is 0 Å². The Morgan fingerprint density at radius 1 is 1.13 bits per heavy atom. The number of primary sulfonamides is 1. The fourth-order valence-corrected chi connectivity index (χ4v) is 3.34. The molecule has 0 heterocycles. The molecule has 1 fully saturated rings. The quantitative estimate of drug-likeness (QED) is 0.690. The number of amides is 2. The van der Waals surface area contributed by atoms with E-state index in [1.165, 1.54) is 31.4 Å². The van der Waals surface area contributed by atoms with Gasteiger partial charge in [0.15, 0.2) is 0 Å². The van der Waals surface area contributed by atoms with Gasteiger partial charge in [0.1, 0.15) is 0 Å². The monoisotopic (exact) mass is 339 g/mol. The maximum Gasteiger partial charge on any atom is 0.315 e. The summed E-state index contributed by atoms with van der Waals surface area (Å²) in [6.07, 6.45) is 7.37. The molecular formula is C16H25N3O3S. The first-order chi connectivity index (χ1) is 10.9. The number of hydrogen-bond donors (Lipinski definition) is 3. The first kappa shape index (κ1) is 17.7. The van der Waals surface area contributed by atoms with Crippen LogP contribution in [0.1, 0.15) is 44.1 Å². The summed E-state index contributed by atoms with van der Waals surface area (Å²) in [5, 5.41) is 10.9. The molecule has 4 N–H and O–H groups in total. The molecule has 0 unspecified atom stereocenters. The molecule has 0 bridgehead atoms. The Balaban J connectivity index is 1.65. The van der Waals surface area contributed by atoms with Crippen molar-refractivity contribution < 1.29 is 13.2 Å². The van der Waals surface area contributed by atoms with Gasteiger partial charge in [-0.2, -0.15) is 0 Å². The summed E-state index contributed by atoms with van der Waals surface area (Å²) < 4.78 is 22.3. The second-order valence-corrected chi connectivity index (χ2v) is 7.59. The Bertz CT molecular complexity index is 608. The van der Waals surface area contributed by atoms with Gasteiger partial charge < -0.3 is 10.6 Å². The van der Waals surface area contributed by atoms with E-state index in [1.807, 2.05) is 0 Å². The minimum atomic E-state index is -3.64. The number of nitrogens with one attached hydrogen (secondary N) is 2. The SMILES string of the molecule is NS(=O)(=O)c1ccc(CCCNC(=O)NC2CCCCC2)cc1. The third-order valence-corrected chi connectivity index (χ3v) is 5.05. The van der Waals surface area contributed by atoms with Crippen molar-refractivity contribution >= 4 is 16.1 Å². The summed E-state index contributed by atoms with van der Waals surface area (Å²) in [7, 11) is -3.64. The van der Waals surface area contributed by atoms with Gasteiger partial charge in [-0.3, -0.25) is 0 Å². The zero-order valence-corrected chi connectivity index (χ0v) is 14.1. The lowest BCUT2D eigenvalue weighted by atomic mass is 9.96. The summed E-state index contributed by atoms with van der Waals surface area (Å²) in [6.45, 7) is 0.593. The number of hydrogen-bond acceptors (Lipinski definition) is 3. The molecule has 1 aromatic rings. The molecule has 0 radical (unpaired) electrons. The average molecular weight is 339 g/mol. The van der Waals surface area contributed by atoms with Crippen LogP contribution in [0.2, 0.25) is 0 Å². The number of benzene rings is 1. The van der Waals surface area contributed by atoms with Crippen LogP contribution >= 0.6 is 0 Å². The molecule has 0 saturated heterocycles. The second kappa shape index (κ2) is 8.31. The summed E-state index contributed by atoms with van der Waals surface area (Å²) in [4.78, 5) is 11.9. The third-order valence-electron chi connectivity index (χ3n) is 4.12. The number of aryl methyl sites for hydroxylation is 1. The molecule has 0 aromatic heterocycles. The highest BCUT2D eigenvalue weighted by Gasteiger charge is 2.15. The van der Waals surface area contributed by atoms with Crippen molar-refractivity contribution in [3.05, 3.63) is 29.8 Å². The van der Waals surface area contributed by atoms with Crippen LogP contribution in [-0.4, -0.2) is 27.0 Å². The van der Waals surface area contributed by atoms with Crippen LogP contribution in [0.5, 0.6) is 0 Å². The normalized spacial score (nSPS) is 16.0. The minimum absolute atomic E-state index is 0.0959. The molecule has 0 aliphatic heterocycles. The third kappa shape index (κ3) is 6.19. The first-order valence-corrected chi connectivity index (χ1v) is 9.66. The summed E-state index contributed by atoms with van der Waals surface area (Å²) in [5.41, 5.74) is 1.02. The van der Waals surface area contributed by atoms with Crippen LogP contribution in [0.15, 0.2) is 29.2 Å². The van der Waals surface area contributed by atoms with E-state index < -0.39 is 10.0 Å². The molecule has 128 valence electrons. The Kier molecular flexibility index (Phi) is 6.41. The summed E-state index contributed by atoms with van der Waals surface area (Å²) in [5.74, 6) is 0. The van der Waals surface area contributed by atoms with Crippen LogP contribution in [-0.2, 0) is 16.4 Å². The molecule has 1 saturated carbocycles. The van der Waals surface area contributed by atoms with E-state index in [0.29, 0.717) is 12.6 Å². The molecule has 0 spiro atoms. The van der Waals surface area contributed by atoms with Crippen LogP contribution in [0.25, 0.3) is 0 Å². The standard InChI is InChI=1S/C16H25N3O3S/c17-23(21,22)15-10-8-13(9-11-15)5-4-12-18-16(20)19-14-6-2-1-3-7-14/h8-11,14H,1-7,12H2,(H2,17,21,22)(H2,18,19,20). The van der Waals surface area contributed by atoms with E-state index >= 15 is 0 Å². The fraction of sp³-hybridized carbons (Fsp3) is 0.562. The largest absolute Gasteiger partial charge is 0.338 e. The van der Waals surface area contributed by atoms with Crippen molar-refractivity contribution in [3.63, 3.8) is 0 Å². The highest BCUT2D eigenvalue weighted by molar-refractivity contribution is 7.89. The Morgan fingerprint density at radius 2 is 1.78 bits per heavy atom. The van der Waals surface area contributed by atoms with Gasteiger partial charge in [-0.05, 0) is 43.4 Å². The summed E-state index contributed by atoms with van der Waals surface area (Å²) >= 11 is 0. The highest BCUT2D eigenvalue weighted by Crippen LogP contribution is 2.17. The predicted molar refractivity (Wildman–Crippen MR) is 89.5 cm³/mol. The number of carbonyl (C=O) groups excluding carboxylic acids is 1. The predicted octanol–water partition coefficient (Wildman–Crippen LogP) is 1.90. The Morgan fingerprint density at radius 3 is 2.39 bits per heavy atom. The molecule has 1 aliphatic rings. The second-order valence-electron chi connectivity index (χ2n) is 6.03. The van der Waals surface area contributed by atoms with Gasteiger partial charge >= 0.3 is 6.03 Å². The van der Waals surface area contributed by atoms with Gasteiger partial charge in [-0.25, -0.2) is 18.4 Å². The van der Waals surface area contributed by atoms with Crippen molar-refractivity contribution in [2.45, 2.75) is 55.9 Å². The van der Waals surface area contributed by atoms with Gasteiger partial charge in [-0.1, -0.05) is 31.4 Å². The van der Waals surface area contributed by atoms with Crippen molar-refractivity contribution in [1.29, 1.82) is 0 Å². The molecule has 6 nitrogen and oxygen atoms in total. The lowest BCUT2D eigenvalue weighted by Gasteiger charge is -2.22. The Labute approximate surface area is 137 Å². The minimum Gasteiger partial charge on any atom is -0.338 e. The zero-order valence-electron chi connectivity index (χ0n) is 13.3. The van der Waals surface area contributed by atoms with E-state index in [-0.39, 0.29) is 10.9 Å². The van der Waals surface area contributed by atoms with Gasteiger partial charge in [0.2, 0.25) is 10.0 Å². The molecule has 0 atom stereocenters. The first-order valence-electron chi connectivity index (χ1n) is 8.11. The number of sulfonamides is 1. The molecule has 2 amide bonds. The number of urea groups is 1. The lowest BCUT2D eigenvalue weighted by molar-refractivity contribution is 0.232. The van der Waals surface area contributed by atoms with Crippen molar-refractivity contribution in [1.82, 2.24) is 10.6 Å². The maximum absolute atomic E-state index is 11.8. The van der Waals surface area contributed by atoms with Crippen molar-refractivity contribution in [3.8, 4) is 0 Å². The van der Waals surface area contributed by atoms with Crippen molar-refractivity contribution in [2.75, 3.05) is 6.54 Å². The van der Waals surface area contributed by atoms with E-state index in [2.05, 4.69) is 10.6 Å². The lowest BCUT2D eigenvalue weighted by Crippen LogP contribution is -2.43. The van der Waals surface area contributed by atoms with E-state index in [4.69, 9.17) is 5.14 Å². The van der Waals surface area contributed by atoms with Gasteiger partial charge in [0, 0.05) is 12.6 Å². The molecule has 2 rings (SSSR count). The molecular weight excluding hydrogens is 314 g/mol. The molecule has 7 heteroatoms. The van der Waals surface area contributed by atoms with Gasteiger partial charge in [0.05, 0.1) is 4.90 Å². The molecule has 23 heavy (non-hydrogen) atoms. The van der Waals surface area contributed by atoms with Crippen LogP contribution in [0, 0.1) is 0 Å². The summed E-state index contributed by atoms with van der Waals surface area (Å²) in [6, 6.07) is 6.74. The number of rotatable bonds is 6. The zero-order chi connectivity index (χ0) is 16.7. The highest BCUT2D eigenvalue weighted by atomic mass is 32.2.